The number of benzene rings is 1. The number of nitrogens with one attached hydrogen (secondary N) is 1. The van der Waals surface area contributed by atoms with E-state index >= 15 is 0 Å². The van der Waals surface area contributed by atoms with Crippen molar-refractivity contribution < 1.29 is 35.1 Å². The van der Waals surface area contributed by atoms with Gasteiger partial charge in [-0.05, 0) is 30.5 Å². The highest BCUT2D eigenvalue weighted by Crippen LogP contribution is 2.33. The van der Waals surface area contributed by atoms with Crippen LogP contribution in [-0.2, 0) is 22.6 Å². The maximum Gasteiger partial charge on any atom is 0.425 e. The third-order valence-electron chi connectivity index (χ3n) is 5.78. The minimum absolute atomic E-state index is 0.0857. The summed E-state index contributed by atoms with van der Waals surface area (Å²) in [4.78, 5) is 32.1. The van der Waals surface area contributed by atoms with E-state index in [2.05, 4.69) is 15.1 Å². The number of hydrogen-bond acceptors (Lipinski definition) is 8. The molecule has 0 radical (unpaired) electrons. The van der Waals surface area contributed by atoms with E-state index < -0.39 is 69.5 Å². The summed E-state index contributed by atoms with van der Waals surface area (Å²) in [5.41, 5.74) is -3.93. The average molecular weight is 586 g/mol. The van der Waals surface area contributed by atoms with Gasteiger partial charge >= 0.3 is 6.18 Å². The summed E-state index contributed by atoms with van der Waals surface area (Å²) in [5.74, 6) is -1.85. The first-order valence-corrected chi connectivity index (χ1v) is 13.3. The van der Waals surface area contributed by atoms with Crippen LogP contribution < -0.4 is 15.9 Å². The lowest BCUT2D eigenvalue weighted by atomic mass is 10.1. The number of ether oxygens (including phenoxy) is 1. The molecule has 0 fully saturated rings. The number of H-pyrrole nitrogens is 1. The molecule has 16 heteroatoms. The Bertz CT molecular complexity index is 1790. The van der Waals surface area contributed by atoms with Crippen molar-refractivity contribution in [3.63, 3.8) is 0 Å². The van der Waals surface area contributed by atoms with Crippen molar-refractivity contribution in [3.05, 3.63) is 75.1 Å². The number of aromatic nitrogens is 5. The second-order valence-electron chi connectivity index (χ2n) is 8.90. The van der Waals surface area contributed by atoms with Crippen molar-refractivity contribution in [3.8, 4) is 17.1 Å². The van der Waals surface area contributed by atoms with Crippen LogP contribution >= 0.6 is 0 Å². The van der Waals surface area contributed by atoms with Gasteiger partial charge in [-0.3, -0.25) is 9.59 Å². The largest absolute Gasteiger partial charge is 0.488 e. The highest BCUT2D eigenvalue weighted by atomic mass is 32.2. The number of nitrogens with zero attached hydrogens (tertiary/aromatic N) is 4. The Hall–Kier alpha value is -4.21. The average Bonchev–Trinajstić information content (AvgIpc) is 2.84. The monoisotopic (exact) mass is 585 g/mol. The first-order chi connectivity index (χ1) is 18.6. The maximum absolute atomic E-state index is 14.9. The van der Waals surface area contributed by atoms with Crippen LogP contribution in [0.25, 0.3) is 22.2 Å². The van der Waals surface area contributed by atoms with Crippen molar-refractivity contribution in [1.82, 2.24) is 24.7 Å². The topological polar surface area (TPSA) is 137 Å². The fourth-order valence-corrected chi connectivity index (χ4v) is 4.41. The summed E-state index contributed by atoms with van der Waals surface area (Å²) in [5, 5.41) is 5.14. The molecule has 10 nitrogen and oxygen atoms in total. The second-order valence-corrected chi connectivity index (χ2v) is 10.9. The zero-order valence-electron chi connectivity index (χ0n) is 20.7. The highest BCUT2D eigenvalue weighted by molar-refractivity contribution is 7.90. The first-order valence-electron chi connectivity index (χ1n) is 11.5. The third kappa shape index (κ3) is 6.16. The first kappa shape index (κ1) is 28.8. The predicted octanol–water partition coefficient (Wildman–Crippen LogP) is 3.30. The Labute approximate surface area is 222 Å². The molecule has 3 heterocycles. The van der Waals surface area contributed by atoms with E-state index in [4.69, 9.17) is 4.74 Å². The van der Waals surface area contributed by atoms with Crippen LogP contribution in [0.1, 0.15) is 18.9 Å². The molecule has 4 rings (SSSR count). The number of rotatable bonds is 8. The van der Waals surface area contributed by atoms with Crippen molar-refractivity contribution in [2.24, 2.45) is 0 Å². The lowest BCUT2D eigenvalue weighted by Gasteiger charge is -2.19. The molecule has 212 valence electrons. The SMILES string of the molecule is C[C@H](C[C@@H](F)Cn1ccc2cc(-c3ncc(S(C)(=O)=O)cn3)c(F)cc2c1=O)Oc1cn[nH]c(=O)c1C(F)(F)F. The van der Waals surface area contributed by atoms with Crippen molar-refractivity contribution in [1.29, 1.82) is 0 Å². The molecule has 1 aromatic carbocycles. The maximum atomic E-state index is 14.9. The molecular weight excluding hydrogens is 565 g/mol. The molecule has 3 aromatic heterocycles. The van der Waals surface area contributed by atoms with E-state index in [1.165, 1.54) is 25.3 Å². The molecule has 2 atom stereocenters. The van der Waals surface area contributed by atoms with Gasteiger partial charge in [-0.2, -0.15) is 18.3 Å². The molecule has 4 aromatic rings. The zero-order valence-corrected chi connectivity index (χ0v) is 21.6. The van der Waals surface area contributed by atoms with Gasteiger partial charge in [0.25, 0.3) is 11.1 Å². The molecule has 0 spiro atoms. The van der Waals surface area contributed by atoms with Crippen molar-refractivity contribution in [2.45, 2.75) is 43.2 Å². The van der Waals surface area contributed by atoms with Crippen molar-refractivity contribution >= 4 is 20.6 Å². The Balaban J connectivity index is 1.52. The summed E-state index contributed by atoms with van der Waals surface area (Å²) in [6, 6.07) is 3.64. The van der Waals surface area contributed by atoms with Gasteiger partial charge in [0.1, 0.15) is 16.9 Å². The van der Waals surface area contributed by atoms with E-state index in [-0.39, 0.29) is 27.1 Å². The molecule has 0 aliphatic heterocycles. The summed E-state index contributed by atoms with van der Waals surface area (Å²) in [6.45, 7) is 0.778. The predicted molar refractivity (Wildman–Crippen MR) is 132 cm³/mol. The fraction of sp³-hybridized carbons (Fsp3) is 0.292. The Morgan fingerprint density at radius 3 is 2.42 bits per heavy atom. The molecule has 0 bridgehead atoms. The smallest absolute Gasteiger partial charge is 0.425 e. The van der Waals surface area contributed by atoms with E-state index in [1.807, 2.05) is 0 Å². The van der Waals surface area contributed by atoms with Crippen LogP contribution in [0.4, 0.5) is 22.0 Å². The number of fused-ring (bicyclic) bond motifs is 1. The van der Waals surface area contributed by atoms with Crippen LogP contribution in [0, 0.1) is 5.82 Å². The van der Waals surface area contributed by atoms with Gasteiger partial charge in [0.2, 0.25) is 0 Å². The Kier molecular flexibility index (Phi) is 7.74. The van der Waals surface area contributed by atoms with E-state index in [0.717, 1.165) is 29.3 Å². The van der Waals surface area contributed by atoms with Crippen LogP contribution in [0.5, 0.6) is 5.75 Å². The summed E-state index contributed by atoms with van der Waals surface area (Å²) in [7, 11) is -3.56. The molecule has 0 saturated carbocycles. The molecule has 0 unspecified atom stereocenters. The summed E-state index contributed by atoms with van der Waals surface area (Å²) < 4.78 is 98.6. The standard InChI is InChI=1S/C24H20F5N5O5S/c1-12(39-19-10-32-33-22(35)20(19)24(27,28)29)5-14(25)11-34-4-3-13-6-17(18(26)7-16(13)23(34)36)21-30-8-15(9-31-21)40(2,37)38/h3-4,6-10,12,14H,5,11H2,1-2H3,(H,33,35)/t12-,14-/m1/s1. The van der Waals surface area contributed by atoms with E-state index in [0.29, 0.717) is 6.20 Å². The van der Waals surface area contributed by atoms with E-state index in [1.54, 1.807) is 5.10 Å². The lowest BCUT2D eigenvalue weighted by Crippen LogP contribution is -2.29. The number of alkyl halides is 4. The van der Waals surface area contributed by atoms with Gasteiger partial charge in [-0.1, -0.05) is 0 Å². The van der Waals surface area contributed by atoms with Crippen LogP contribution in [0.15, 0.2) is 57.5 Å². The second kappa shape index (κ2) is 10.7. The normalized spacial score (nSPS) is 13.8. The number of hydrogen-bond donors (Lipinski definition) is 1. The molecule has 0 amide bonds. The highest BCUT2D eigenvalue weighted by Gasteiger charge is 2.38. The van der Waals surface area contributed by atoms with Gasteiger partial charge in [-0.25, -0.2) is 32.3 Å². The Morgan fingerprint density at radius 2 is 1.80 bits per heavy atom. The number of halogens is 5. The van der Waals surface area contributed by atoms with Crippen LogP contribution in [-0.4, -0.2) is 51.7 Å². The summed E-state index contributed by atoms with van der Waals surface area (Å²) >= 11 is 0. The molecule has 0 saturated heterocycles. The lowest BCUT2D eigenvalue weighted by molar-refractivity contribution is -0.140. The van der Waals surface area contributed by atoms with Gasteiger partial charge in [0.05, 0.1) is 29.8 Å². The fourth-order valence-electron chi connectivity index (χ4n) is 3.92. The molecular formula is C24H20F5N5O5S. The number of aromatic amines is 1. The number of pyridine rings is 1. The minimum Gasteiger partial charge on any atom is -0.488 e. The molecule has 1 N–H and O–H groups in total. The summed E-state index contributed by atoms with van der Waals surface area (Å²) in [6.07, 6.45) is -3.41. The third-order valence-corrected chi connectivity index (χ3v) is 6.84. The minimum atomic E-state index is -5.03. The van der Waals surface area contributed by atoms with Gasteiger partial charge in [-0.15, -0.1) is 0 Å². The molecule has 40 heavy (non-hydrogen) atoms. The van der Waals surface area contributed by atoms with Gasteiger partial charge in [0.15, 0.2) is 27.0 Å². The van der Waals surface area contributed by atoms with Crippen LogP contribution in [0.3, 0.4) is 0 Å². The zero-order chi connectivity index (χ0) is 29.4. The molecule has 0 aliphatic carbocycles. The van der Waals surface area contributed by atoms with Gasteiger partial charge in [0, 0.05) is 31.3 Å². The van der Waals surface area contributed by atoms with Gasteiger partial charge < -0.3 is 9.30 Å². The quantitative estimate of drug-likeness (QED) is 0.311. The van der Waals surface area contributed by atoms with E-state index in [9.17, 15) is 40.0 Å². The Morgan fingerprint density at radius 1 is 1.12 bits per heavy atom. The van der Waals surface area contributed by atoms with Crippen molar-refractivity contribution in [2.75, 3.05) is 6.26 Å². The van der Waals surface area contributed by atoms with Crippen LogP contribution in [0.2, 0.25) is 0 Å². The number of sulfone groups is 1. The molecule has 0 aliphatic rings.